The molecule has 110 valence electrons. The van der Waals surface area contributed by atoms with Crippen molar-refractivity contribution in [2.75, 3.05) is 0 Å². The monoisotopic (exact) mass is 305 g/mol. The summed E-state index contributed by atoms with van der Waals surface area (Å²) in [6, 6.07) is 5.42. The van der Waals surface area contributed by atoms with E-state index in [4.69, 9.17) is 11.6 Å². The van der Waals surface area contributed by atoms with Gasteiger partial charge in [0.05, 0.1) is 16.3 Å². The molecule has 0 bridgehead atoms. The largest absolute Gasteiger partial charge is 0.349 e. The Morgan fingerprint density at radius 2 is 2.10 bits per heavy atom. The molecular formula is C14H16ClN5O. The summed E-state index contributed by atoms with van der Waals surface area (Å²) < 4.78 is 1.49. The van der Waals surface area contributed by atoms with Crippen LogP contribution in [0.3, 0.4) is 0 Å². The zero-order valence-corrected chi connectivity index (χ0v) is 12.3. The van der Waals surface area contributed by atoms with Crippen LogP contribution in [0.1, 0.15) is 42.5 Å². The Balaban J connectivity index is 1.80. The van der Waals surface area contributed by atoms with Crippen molar-refractivity contribution >= 4 is 17.5 Å². The molecule has 1 saturated carbocycles. The molecule has 0 spiro atoms. The first-order chi connectivity index (χ1) is 10.2. The summed E-state index contributed by atoms with van der Waals surface area (Å²) in [5, 5.41) is 14.5. The lowest BCUT2D eigenvalue weighted by Crippen LogP contribution is -2.36. The molecule has 1 aliphatic rings. The zero-order valence-electron chi connectivity index (χ0n) is 11.5. The molecule has 21 heavy (non-hydrogen) atoms. The van der Waals surface area contributed by atoms with Gasteiger partial charge in [-0.1, -0.05) is 30.9 Å². The molecule has 6 nitrogen and oxygen atoms in total. The minimum atomic E-state index is -0.137. The third-order valence-corrected chi connectivity index (χ3v) is 4.08. The normalized spacial score (nSPS) is 15.9. The minimum absolute atomic E-state index is 0.137. The SMILES string of the molecule is O=C(NC1CCCCC1)c1cc(-n2cnnn2)ccc1Cl. The van der Waals surface area contributed by atoms with Crippen molar-refractivity contribution in [1.29, 1.82) is 0 Å². The number of carbonyl (C=O) groups is 1. The number of benzene rings is 1. The molecular weight excluding hydrogens is 290 g/mol. The fraction of sp³-hybridized carbons (Fsp3) is 0.429. The van der Waals surface area contributed by atoms with Crippen molar-refractivity contribution in [3.63, 3.8) is 0 Å². The topological polar surface area (TPSA) is 72.7 Å². The van der Waals surface area contributed by atoms with Crippen LogP contribution in [-0.4, -0.2) is 32.2 Å². The highest BCUT2D eigenvalue weighted by molar-refractivity contribution is 6.33. The Bertz CT molecular complexity index is 622. The van der Waals surface area contributed by atoms with E-state index in [1.807, 2.05) is 0 Å². The molecule has 0 saturated heterocycles. The van der Waals surface area contributed by atoms with Gasteiger partial charge < -0.3 is 5.32 Å². The summed E-state index contributed by atoms with van der Waals surface area (Å²) in [6.07, 6.45) is 7.15. The number of rotatable bonds is 3. The van der Waals surface area contributed by atoms with Crippen LogP contribution in [-0.2, 0) is 0 Å². The van der Waals surface area contributed by atoms with Gasteiger partial charge in [0.1, 0.15) is 6.33 Å². The van der Waals surface area contributed by atoms with E-state index in [2.05, 4.69) is 20.8 Å². The number of halogens is 1. The van der Waals surface area contributed by atoms with E-state index in [9.17, 15) is 4.79 Å². The van der Waals surface area contributed by atoms with Gasteiger partial charge in [-0.25, -0.2) is 4.68 Å². The van der Waals surface area contributed by atoms with Crippen LogP contribution in [0.4, 0.5) is 0 Å². The Morgan fingerprint density at radius 3 is 2.81 bits per heavy atom. The highest BCUT2D eigenvalue weighted by atomic mass is 35.5. The van der Waals surface area contributed by atoms with Crippen molar-refractivity contribution in [2.45, 2.75) is 38.1 Å². The predicted octanol–water partition coefficient (Wildman–Crippen LogP) is 2.38. The van der Waals surface area contributed by atoms with Crippen molar-refractivity contribution in [1.82, 2.24) is 25.5 Å². The third kappa shape index (κ3) is 3.21. The number of tetrazole rings is 1. The Morgan fingerprint density at radius 1 is 1.29 bits per heavy atom. The molecule has 2 aromatic rings. The number of aromatic nitrogens is 4. The van der Waals surface area contributed by atoms with Crippen LogP contribution in [0, 0.1) is 0 Å². The van der Waals surface area contributed by atoms with Gasteiger partial charge in [-0.05, 0) is 41.5 Å². The molecule has 0 unspecified atom stereocenters. The third-order valence-electron chi connectivity index (χ3n) is 3.75. The molecule has 1 aromatic carbocycles. The average molecular weight is 306 g/mol. The first-order valence-corrected chi connectivity index (χ1v) is 7.45. The summed E-state index contributed by atoms with van der Waals surface area (Å²) in [7, 11) is 0. The van der Waals surface area contributed by atoms with Crippen LogP contribution in [0.25, 0.3) is 5.69 Å². The minimum Gasteiger partial charge on any atom is -0.349 e. The number of hydrogen-bond acceptors (Lipinski definition) is 4. The molecule has 0 aliphatic heterocycles. The van der Waals surface area contributed by atoms with E-state index >= 15 is 0 Å². The van der Waals surface area contributed by atoms with Crippen LogP contribution >= 0.6 is 11.6 Å². The zero-order chi connectivity index (χ0) is 14.7. The van der Waals surface area contributed by atoms with E-state index in [0.29, 0.717) is 16.3 Å². The molecule has 1 aromatic heterocycles. The number of amides is 1. The van der Waals surface area contributed by atoms with Gasteiger partial charge >= 0.3 is 0 Å². The second-order valence-electron chi connectivity index (χ2n) is 5.23. The summed E-state index contributed by atoms with van der Waals surface area (Å²) in [4.78, 5) is 12.4. The lowest BCUT2D eigenvalue weighted by atomic mass is 9.95. The number of carbonyl (C=O) groups excluding carboxylic acids is 1. The fourth-order valence-electron chi connectivity index (χ4n) is 2.62. The van der Waals surface area contributed by atoms with Gasteiger partial charge in [-0.15, -0.1) is 5.10 Å². The summed E-state index contributed by atoms with van der Waals surface area (Å²) in [5.74, 6) is -0.137. The van der Waals surface area contributed by atoms with E-state index in [-0.39, 0.29) is 11.9 Å². The van der Waals surface area contributed by atoms with Gasteiger partial charge in [0, 0.05) is 6.04 Å². The average Bonchev–Trinajstić information content (AvgIpc) is 3.03. The van der Waals surface area contributed by atoms with E-state index < -0.39 is 0 Å². The quantitative estimate of drug-likeness (QED) is 0.945. The first kappa shape index (κ1) is 14.0. The molecule has 1 aliphatic carbocycles. The van der Waals surface area contributed by atoms with Gasteiger partial charge in [-0.2, -0.15) is 0 Å². The fourth-order valence-corrected chi connectivity index (χ4v) is 2.82. The number of nitrogens with zero attached hydrogens (tertiary/aromatic N) is 4. The molecule has 0 atom stereocenters. The maximum absolute atomic E-state index is 12.4. The summed E-state index contributed by atoms with van der Waals surface area (Å²) >= 11 is 6.15. The number of hydrogen-bond donors (Lipinski definition) is 1. The molecule has 1 heterocycles. The summed E-state index contributed by atoms with van der Waals surface area (Å²) in [6.45, 7) is 0. The molecule has 1 amide bonds. The Hall–Kier alpha value is -1.95. The van der Waals surface area contributed by atoms with E-state index in [1.165, 1.54) is 30.3 Å². The van der Waals surface area contributed by atoms with E-state index in [0.717, 1.165) is 12.8 Å². The molecule has 1 fully saturated rings. The predicted molar refractivity (Wildman–Crippen MR) is 78.5 cm³/mol. The van der Waals surface area contributed by atoms with Gasteiger partial charge in [0.25, 0.3) is 5.91 Å². The second kappa shape index (κ2) is 6.22. The van der Waals surface area contributed by atoms with Crippen LogP contribution in [0.2, 0.25) is 5.02 Å². The maximum Gasteiger partial charge on any atom is 0.253 e. The van der Waals surface area contributed by atoms with Crippen LogP contribution in [0.5, 0.6) is 0 Å². The summed E-state index contributed by atoms with van der Waals surface area (Å²) in [5.41, 5.74) is 1.16. The Kier molecular flexibility index (Phi) is 4.15. The van der Waals surface area contributed by atoms with Gasteiger partial charge in [0.2, 0.25) is 0 Å². The van der Waals surface area contributed by atoms with E-state index in [1.54, 1.807) is 18.2 Å². The van der Waals surface area contributed by atoms with Crippen molar-refractivity contribution in [2.24, 2.45) is 0 Å². The van der Waals surface area contributed by atoms with Crippen molar-refractivity contribution in [3.8, 4) is 5.69 Å². The van der Waals surface area contributed by atoms with Gasteiger partial charge in [-0.3, -0.25) is 4.79 Å². The van der Waals surface area contributed by atoms with Crippen molar-refractivity contribution < 1.29 is 4.79 Å². The highest BCUT2D eigenvalue weighted by Crippen LogP contribution is 2.22. The molecule has 0 radical (unpaired) electrons. The van der Waals surface area contributed by atoms with Gasteiger partial charge in [0.15, 0.2) is 0 Å². The first-order valence-electron chi connectivity index (χ1n) is 7.08. The standard InChI is InChI=1S/C14H16ClN5O/c15-13-7-6-11(20-9-16-18-19-20)8-12(13)14(21)17-10-4-2-1-3-5-10/h6-10H,1-5H2,(H,17,21). The molecule has 7 heteroatoms. The number of nitrogens with one attached hydrogen (secondary N) is 1. The second-order valence-corrected chi connectivity index (χ2v) is 5.63. The maximum atomic E-state index is 12.4. The lowest BCUT2D eigenvalue weighted by Gasteiger charge is -2.23. The Labute approximate surface area is 127 Å². The molecule has 1 N–H and O–H groups in total. The smallest absolute Gasteiger partial charge is 0.253 e. The van der Waals surface area contributed by atoms with Crippen LogP contribution < -0.4 is 5.32 Å². The lowest BCUT2D eigenvalue weighted by molar-refractivity contribution is 0.0928. The molecule has 3 rings (SSSR count). The highest BCUT2D eigenvalue weighted by Gasteiger charge is 2.18. The van der Waals surface area contributed by atoms with Crippen molar-refractivity contribution in [3.05, 3.63) is 35.1 Å². The van der Waals surface area contributed by atoms with Crippen LogP contribution in [0.15, 0.2) is 24.5 Å².